The summed E-state index contributed by atoms with van der Waals surface area (Å²) in [6.45, 7) is 6.94. The Balaban J connectivity index is 2.94. The van der Waals surface area contributed by atoms with Crippen molar-refractivity contribution in [1.29, 1.82) is 0 Å². The number of carbonyl (C=O) groups is 1. The number of rotatable bonds is 4. The summed E-state index contributed by atoms with van der Waals surface area (Å²) in [4.78, 5) is 12.1. The molecule has 1 aliphatic carbocycles. The van der Waals surface area contributed by atoms with Crippen LogP contribution >= 0.6 is 0 Å². The summed E-state index contributed by atoms with van der Waals surface area (Å²) in [5.74, 6) is 1.34. The average Bonchev–Trinajstić information content (AvgIpc) is 2.46. The Morgan fingerprint density at radius 2 is 1.86 bits per heavy atom. The van der Waals surface area contributed by atoms with E-state index in [4.69, 9.17) is 4.74 Å². The number of hydrogen-bond donors (Lipinski definition) is 0. The van der Waals surface area contributed by atoms with E-state index in [1.165, 1.54) is 0 Å². The SMILES string of the molecule is CCC(=O)C1(COC)C(C)CC[C@H]1C. The van der Waals surface area contributed by atoms with Crippen LogP contribution in [0, 0.1) is 17.3 Å². The molecule has 1 fully saturated rings. The molecule has 0 N–H and O–H groups in total. The lowest BCUT2D eigenvalue weighted by Crippen LogP contribution is -2.42. The molecule has 0 aliphatic heterocycles. The first-order chi connectivity index (χ1) is 6.59. The lowest BCUT2D eigenvalue weighted by atomic mass is 9.70. The summed E-state index contributed by atoms with van der Waals surface area (Å²) in [7, 11) is 1.70. The Kier molecular flexibility index (Phi) is 3.71. The maximum atomic E-state index is 12.1. The Hall–Kier alpha value is -0.370. The molecular formula is C12H22O2. The van der Waals surface area contributed by atoms with Gasteiger partial charge in [0, 0.05) is 13.5 Å². The third-order valence-electron chi connectivity index (χ3n) is 4.01. The van der Waals surface area contributed by atoms with Gasteiger partial charge in [0.1, 0.15) is 5.78 Å². The number of methoxy groups -OCH3 is 1. The van der Waals surface area contributed by atoms with Gasteiger partial charge >= 0.3 is 0 Å². The molecule has 0 aromatic rings. The van der Waals surface area contributed by atoms with Crippen molar-refractivity contribution in [3.63, 3.8) is 0 Å². The van der Waals surface area contributed by atoms with E-state index in [1.807, 2.05) is 6.92 Å². The minimum atomic E-state index is -0.191. The van der Waals surface area contributed by atoms with Gasteiger partial charge in [-0.05, 0) is 24.7 Å². The van der Waals surface area contributed by atoms with Crippen LogP contribution in [0.2, 0.25) is 0 Å². The van der Waals surface area contributed by atoms with Gasteiger partial charge in [0.05, 0.1) is 12.0 Å². The zero-order valence-electron chi connectivity index (χ0n) is 9.80. The quantitative estimate of drug-likeness (QED) is 0.694. The molecule has 0 radical (unpaired) electrons. The van der Waals surface area contributed by atoms with Gasteiger partial charge in [-0.15, -0.1) is 0 Å². The van der Waals surface area contributed by atoms with E-state index in [9.17, 15) is 4.79 Å². The molecule has 1 aliphatic rings. The second-order valence-electron chi connectivity index (χ2n) is 4.63. The Morgan fingerprint density at radius 1 is 1.36 bits per heavy atom. The highest BCUT2D eigenvalue weighted by molar-refractivity contribution is 5.85. The van der Waals surface area contributed by atoms with Gasteiger partial charge < -0.3 is 4.74 Å². The number of carbonyl (C=O) groups excluding carboxylic acids is 1. The molecule has 1 saturated carbocycles. The number of ketones is 1. The lowest BCUT2D eigenvalue weighted by molar-refractivity contribution is -0.136. The minimum absolute atomic E-state index is 0.191. The summed E-state index contributed by atoms with van der Waals surface area (Å²) < 4.78 is 5.27. The topological polar surface area (TPSA) is 26.3 Å². The molecule has 2 unspecified atom stereocenters. The molecule has 0 bridgehead atoms. The Bertz CT molecular complexity index is 200. The number of Topliss-reactive ketones (excluding diaryl/α,β-unsaturated/α-hetero) is 1. The van der Waals surface area contributed by atoms with Crippen LogP contribution in [0.5, 0.6) is 0 Å². The van der Waals surface area contributed by atoms with Gasteiger partial charge in [0.2, 0.25) is 0 Å². The monoisotopic (exact) mass is 198 g/mol. The van der Waals surface area contributed by atoms with Gasteiger partial charge in [0.15, 0.2) is 0 Å². The second kappa shape index (κ2) is 4.43. The third kappa shape index (κ3) is 1.60. The van der Waals surface area contributed by atoms with Crippen LogP contribution in [-0.4, -0.2) is 19.5 Å². The van der Waals surface area contributed by atoms with Crippen LogP contribution in [0.25, 0.3) is 0 Å². The van der Waals surface area contributed by atoms with E-state index in [2.05, 4.69) is 13.8 Å². The highest BCUT2D eigenvalue weighted by Gasteiger charge is 2.50. The van der Waals surface area contributed by atoms with E-state index in [1.54, 1.807) is 7.11 Å². The number of ether oxygens (including phenoxy) is 1. The van der Waals surface area contributed by atoms with Crippen molar-refractivity contribution in [1.82, 2.24) is 0 Å². The molecule has 0 amide bonds. The third-order valence-corrected chi connectivity index (χ3v) is 4.01. The highest BCUT2D eigenvalue weighted by Crippen LogP contribution is 2.48. The molecule has 0 spiro atoms. The van der Waals surface area contributed by atoms with Crippen molar-refractivity contribution >= 4 is 5.78 Å². The summed E-state index contributed by atoms with van der Waals surface area (Å²) in [5.41, 5.74) is -0.191. The first-order valence-corrected chi connectivity index (χ1v) is 5.61. The molecule has 82 valence electrons. The van der Waals surface area contributed by atoms with Gasteiger partial charge in [-0.1, -0.05) is 20.8 Å². The molecule has 14 heavy (non-hydrogen) atoms. The summed E-state index contributed by atoms with van der Waals surface area (Å²) in [6.07, 6.45) is 2.96. The summed E-state index contributed by atoms with van der Waals surface area (Å²) >= 11 is 0. The van der Waals surface area contributed by atoms with Crippen LogP contribution in [0.4, 0.5) is 0 Å². The van der Waals surface area contributed by atoms with Crippen LogP contribution in [0.15, 0.2) is 0 Å². The van der Waals surface area contributed by atoms with E-state index < -0.39 is 0 Å². The Morgan fingerprint density at radius 3 is 2.21 bits per heavy atom. The summed E-state index contributed by atoms with van der Waals surface area (Å²) in [6, 6.07) is 0. The van der Waals surface area contributed by atoms with Crippen molar-refractivity contribution in [2.45, 2.75) is 40.0 Å². The van der Waals surface area contributed by atoms with Crippen molar-refractivity contribution in [2.75, 3.05) is 13.7 Å². The average molecular weight is 198 g/mol. The van der Waals surface area contributed by atoms with Gasteiger partial charge in [0.25, 0.3) is 0 Å². The molecule has 3 atom stereocenters. The molecular weight excluding hydrogens is 176 g/mol. The van der Waals surface area contributed by atoms with Crippen LogP contribution in [-0.2, 0) is 9.53 Å². The van der Waals surface area contributed by atoms with E-state index in [0.717, 1.165) is 12.8 Å². The highest BCUT2D eigenvalue weighted by atomic mass is 16.5. The minimum Gasteiger partial charge on any atom is -0.384 e. The lowest BCUT2D eigenvalue weighted by Gasteiger charge is -2.35. The fraction of sp³-hybridized carbons (Fsp3) is 0.917. The normalized spacial score (nSPS) is 37.4. The maximum absolute atomic E-state index is 12.1. The smallest absolute Gasteiger partial charge is 0.141 e. The second-order valence-corrected chi connectivity index (χ2v) is 4.63. The first kappa shape index (κ1) is 11.7. The Labute approximate surface area is 87.0 Å². The van der Waals surface area contributed by atoms with Crippen molar-refractivity contribution in [3.8, 4) is 0 Å². The molecule has 2 nitrogen and oxygen atoms in total. The standard InChI is InChI=1S/C12H22O2/c1-5-11(13)12(8-14-4)9(2)6-7-10(12)3/h9-10H,5-8H2,1-4H3/t9-,10?,12?/m1/s1. The van der Waals surface area contributed by atoms with Crippen LogP contribution < -0.4 is 0 Å². The zero-order valence-corrected chi connectivity index (χ0v) is 9.80. The molecule has 2 heteroatoms. The van der Waals surface area contributed by atoms with E-state index >= 15 is 0 Å². The maximum Gasteiger partial charge on any atom is 0.141 e. The van der Waals surface area contributed by atoms with Crippen LogP contribution in [0.1, 0.15) is 40.0 Å². The fourth-order valence-electron chi connectivity index (χ4n) is 2.98. The molecule has 0 aromatic carbocycles. The van der Waals surface area contributed by atoms with Crippen molar-refractivity contribution < 1.29 is 9.53 Å². The predicted molar refractivity (Wildman–Crippen MR) is 57.2 cm³/mol. The molecule has 0 aromatic heterocycles. The predicted octanol–water partition coefficient (Wildman–Crippen LogP) is 2.66. The van der Waals surface area contributed by atoms with Crippen LogP contribution in [0.3, 0.4) is 0 Å². The van der Waals surface area contributed by atoms with Gasteiger partial charge in [-0.2, -0.15) is 0 Å². The van der Waals surface area contributed by atoms with Gasteiger partial charge in [-0.3, -0.25) is 4.79 Å². The fourth-order valence-corrected chi connectivity index (χ4v) is 2.98. The first-order valence-electron chi connectivity index (χ1n) is 5.61. The molecule has 0 saturated heterocycles. The van der Waals surface area contributed by atoms with Crippen molar-refractivity contribution in [2.24, 2.45) is 17.3 Å². The zero-order chi connectivity index (χ0) is 10.8. The van der Waals surface area contributed by atoms with E-state index in [-0.39, 0.29) is 5.41 Å². The number of hydrogen-bond acceptors (Lipinski definition) is 2. The summed E-state index contributed by atoms with van der Waals surface area (Å²) in [5, 5.41) is 0. The molecule has 1 rings (SSSR count). The van der Waals surface area contributed by atoms with Gasteiger partial charge in [-0.25, -0.2) is 0 Å². The van der Waals surface area contributed by atoms with E-state index in [0.29, 0.717) is 30.6 Å². The molecule has 0 heterocycles. The largest absolute Gasteiger partial charge is 0.384 e. The van der Waals surface area contributed by atoms with Crippen molar-refractivity contribution in [3.05, 3.63) is 0 Å².